The second kappa shape index (κ2) is 5.05. The van der Waals surface area contributed by atoms with E-state index in [1.165, 1.54) is 0 Å². The third-order valence-corrected chi connectivity index (χ3v) is 3.77. The summed E-state index contributed by atoms with van der Waals surface area (Å²) >= 11 is 0. The number of anilines is 1. The molecule has 6 heteroatoms. The minimum atomic E-state index is -4.46. The highest BCUT2D eigenvalue weighted by Gasteiger charge is 2.32. The van der Waals surface area contributed by atoms with Gasteiger partial charge in [-0.05, 0) is 29.3 Å². The molecule has 0 saturated heterocycles. The van der Waals surface area contributed by atoms with Crippen molar-refractivity contribution < 1.29 is 18.0 Å². The highest BCUT2D eigenvalue weighted by Crippen LogP contribution is 2.36. The van der Waals surface area contributed by atoms with Crippen LogP contribution >= 0.6 is 0 Å². The molecule has 0 unspecified atom stereocenters. The van der Waals surface area contributed by atoms with Gasteiger partial charge < -0.3 is 10.6 Å². The van der Waals surface area contributed by atoms with Gasteiger partial charge in [-0.3, -0.25) is 4.79 Å². The molecular formula is C16H13F3N2O. The molecule has 0 saturated carbocycles. The number of primary amides is 1. The third kappa shape index (κ3) is 2.52. The van der Waals surface area contributed by atoms with Crippen LogP contribution in [0.3, 0.4) is 0 Å². The number of fused-ring (bicyclic) bond motifs is 1. The normalized spacial score (nSPS) is 14.0. The van der Waals surface area contributed by atoms with Gasteiger partial charge in [0.2, 0.25) is 0 Å². The number of halogens is 3. The van der Waals surface area contributed by atoms with E-state index in [1.54, 1.807) is 4.90 Å². The first-order valence-electron chi connectivity index (χ1n) is 6.69. The summed E-state index contributed by atoms with van der Waals surface area (Å²) in [5.41, 5.74) is 6.90. The van der Waals surface area contributed by atoms with Crippen molar-refractivity contribution >= 4 is 11.6 Å². The summed E-state index contributed by atoms with van der Waals surface area (Å²) in [5, 5.41) is 0. The average molecular weight is 306 g/mol. The van der Waals surface area contributed by atoms with Crippen molar-refractivity contribution in [3.63, 3.8) is 0 Å². The van der Waals surface area contributed by atoms with Gasteiger partial charge in [0, 0.05) is 13.1 Å². The zero-order chi connectivity index (χ0) is 15.9. The maximum Gasteiger partial charge on any atom is 0.416 e. The average Bonchev–Trinajstić information content (AvgIpc) is 2.89. The lowest BCUT2D eigenvalue weighted by atomic mass is 10.1. The molecule has 1 aliphatic rings. The van der Waals surface area contributed by atoms with E-state index in [0.29, 0.717) is 13.1 Å². The Kier molecular flexibility index (Phi) is 3.31. The first kappa shape index (κ1) is 14.4. The molecule has 3 rings (SSSR count). The number of nitrogens with zero attached hydrogens (tertiary/aromatic N) is 1. The fourth-order valence-electron chi connectivity index (χ4n) is 2.68. The lowest BCUT2D eigenvalue weighted by Crippen LogP contribution is -2.22. The third-order valence-electron chi connectivity index (χ3n) is 3.77. The summed E-state index contributed by atoms with van der Waals surface area (Å²) < 4.78 is 38.7. The molecule has 0 atom stereocenters. The number of hydrogen-bond donors (Lipinski definition) is 1. The Labute approximate surface area is 125 Å². The minimum absolute atomic E-state index is 0.0980. The Hall–Kier alpha value is -2.50. The summed E-state index contributed by atoms with van der Waals surface area (Å²) in [4.78, 5) is 13.3. The van der Waals surface area contributed by atoms with Crippen LogP contribution in [0.1, 0.15) is 27.0 Å². The zero-order valence-corrected chi connectivity index (χ0v) is 11.5. The molecule has 0 fully saturated rings. The zero-order valence-electron chi connectivity index (χ0n) is 11.5. The van der Waals surface area contributed by atoms with Crippen LogP contribution < -0.4 is 10.6 Å². The van der Waals surface area contributed by atoms with E-state index in [0.717, 1.165) is 29.3 Å². The minimum Gasteiger partial charge on any atom is -0.366 e. The summed E-state index contributed by atoms with van der Waals surface area (Å²) in [6.45, 7) is 0.912. The monoisotopic (exact) mass is 306 g/mol. The fourth-order valence-corrected chi connectivity index (χ4v) is 2.68. The number of rotatable bonds is 2. The van der Waals surface area contributed by atoms with Crippen molar-refractivity contribution in [3.8, 4) is 0 Å². The molecule has 0 aliphatic carbocycles. The number of benzene rings is 2. The lowest BCUT2D eigenvalue weighted by Gasteiger charge is -2.22. The van der Waals surface area contributed by atoms with Crippen LogP contribution in [0.25, 0.3) is 0 Å². The van der Waals surface area contributed by atoms with Crippen LogP contribution in [0.5, 0.6) is 0 Å². The van der Waals surface area contributed by atoms with Crippen molar-refractivity contribution in [1.82, 2.24) is 0 Å². The van der Waals surface area contributed by atoms with Gasteiger partial charge in [-0.1, -0.05) is 24.3 Å². The van der Waals surface area contributed by atoms with Crippen LogP contribution in [0.2, 0.25) is 0 Å². The number of nitrogens with two attached hydrogens (primary N) is 1. The van der Waals surface area contributed by atoms with Gasteiger partial charge in [-0.15, -0.1) is 0 Å². The Morgan fingerprint density at radius 2 is 1.64 bits per heavy atom. The van der Waals surface area contributed by atoms with Crippen LogP contribution in [-0.4, -0.2) is 5.91 Å². The predicted octanol–water partition coefficient (Wildman–Crippen LogP) is 3.32. The van der Waals surface area contributed by atoms with Crippen molar-refractivity contribution in [3.05, 3.63) is 64.7 Å². The number of carbonyl (C=O) groups excluding carboxylic acids is 1. The molecule has 0 radical (unpaired) electrons. The number of carbonyl (C=O) groups is 1. The smallest absolute Gasteiger partial charge is 0.366 e. The molecule has 1 aliphatic heterocycles. The summed E-state index contributed by atoms with van der Waals surface area (Å²) in [6.07, 6.45) is -4.46. The summed E-state index contributed by atoms with van der Waals surface area (Å²) in [6, 6.07) is 10.6. The van der Waals surface area contributed by atoms with Gasteiger partial charge >= 0.3 is 6.18 Å². The molecular weight excluding hydrogens is 293 g/mol. The number of hydrogen-bond acceptors (Lipinski definition) is 2. The Morgan fingerprint density at radius 3 is 2.14 bits per heavy atom. The van der Waals surface area contributed by atoms with Crippen molar-refractivity contribution in [1.29, 1.82) is 0 Å². The number of amides is 1. The first-order valence-corrected chi connectivity index (χ1v) is 6.69. The predicted molar refractivity (Wildman–Crippen MR) is 76.3 cm³/mol. The van der Waals surface area contributed by atoms with Crippen molar-refractivity contribution in [2.24, 2.45) is 5.73 Å². The van der Waals surface area contributed by atoms with E-state index in [-0.39, 0.29) is 11.3 Å². The standard InChI is InChI=1S/C16H13F3N2O/c17-16(18,19)12-5-6-13(15(20)22)14(7-12)21-8-10-3-1-2-4-11(10)9-21/h1-7H,8-9H2,(H2,20,22). The fraction of sp³-hybridized carbons (Fsp3) is 0.188. The number of alkyl halides is 3. The molecule has 2 aromatic carbocycles. The topological polar surface area (TPSA) is 46.3 Å². The van der Waals surface area contributed by atoms with Crippen LogP contribution in [0.4, 0.5) is 18.9 Å². The van der Waals surface area contributed by atoms with E-state index in [2.05, 4.69) is 0 Å². The van der Waals surface area contributed by atoms with Crippen LogP contribution in [0, 0.1) is 0 Å². The molecule has 114 valence electrons. The Bertz CT molecular complexity index is 715. The molecule has 0 bridgehead atoms. The van der Waals surface area contributed by atoms with Crippen molar-refractivity contribution in [2.45, 2.75) is 19.3 Å². The second-order valence-corrected chi connectivity index (χ2v) is 5.22. The van der Waals surface area contributed by atoms with E-state index < -0.39 is 17.6 Å². The largest absolute Gasteiger partial charge is 0.416 e. The highest BCUT2D eigenvalue weighted by atomic mass is 19.4. The Balaban J connectivity index is 2.04. The Morgan fingerprint density at radius 1 is 1.05 bits per heavy atom. The maximum atomic E-state index is 12.9. The molecule has 3 nitrogen and oxygen atoms in total. The van der Waals surface area contributed by atoms with E-state index in [4.69, 9.17) is 5.73 Å². The van der Waals surface area contributed by atoms with E-state index in [9.17, 15) is 18.0 Å². The quantitative estimate of drug-likeness (QED) is 0.925. The molecule has 22 heavy (non-hydrogen) atoms. The molecule has 2 N–H and O–H groups in total. The second-order valence-electron chi connectivity index (χ2n) is 5.22. The SMILES string of the molecule is NC(=O)c1ccc(C(F)(F)F)cc1N1Cc2ccccc2C1. The van der Waals surface area contributed by atoms with Crippen LogP contribution in [-0.2, 0) is 19.3 Å². The van der Waals surface area contributed by atoms with E-state index in [1.807, 2.05) is 24.3 Å². The van der Waals surface area contributed by atoms with Crippen molar-refractivity contribution in [2.75, 3.05) is 4.90 Å². The maximum absolute atomic E-state index is 12.9. The molecule has 2 aromatic rings. The first-order chi connectivity index (χ1) is 10.4. The van der Waals surface area contributed by atoms with Gasteiger partial charge in [0.1, 0.15) is 0 Å². The molecule has 1 heterocycles. The van der Waals surface area contributed by atoms with Gasteiger partial charge in [0.15, 0.2) is 0 Å². The molecule has 0 aromatic heterocycles. The van der Waals surface area contributed by atoms with Gasteiger partial charge in [0.05, 0.1) is 16.8 Å². The molecule has 0 spiro atoms. The van der Waals surface area contributed by atoms with Gasteiger partial charge in [0.25, 0.3) is 5.91 Å². The summed E-state index contributed by atoms with van der Waals surface area (Å²) in [5.74, 6) is -0.736. The summed E-state index contributed by atoms with van der Waals surface area (Å²) in [7, 11) is 0. The van der Waals surface area contributed by atoms with Crippen LogP contribution in [0.15, 0.2) is 42.5 Å². The van der Waals surface area contributed by atoms with E-state index >= 15 is 0 Å². The van der Waals surface area contributed by atoms with Gasteiger partial charge in [-0.25, -0.2) is 0 Å². The molecule has 1 amide bonds. The van der Waals surface area contributed by atoms with Gasteiger partial charge in [-0.2, -0.15) is 13.2 Å². The lowest BCUT2D eigenvalue weighted by molar-refractivity contribution is -0.137. The highest BCUT2D eigenvalue weighted by molar-refractivity contribution is 5.99.